The van der Waals surface area contributed by atoms with E-state index in [1.807, 2.05) is 23.6 Å². The van der Waals surface area contributed by atoms with Gasteiger partial charge in [-0.15, -0.1) is 11.3 Å². The number of benzene rings is 2. The van der Waals surface area contributed by atoms with Crippen molar-refractivity contribution in [2.75, 3.05) is 0 Å². The maximum atomic E-state index is 12.1. The number of hydrogen-bond acceptors (Lipinski definition) is 6. The van der Waals surface area contributed by atoms with Crippen LogP contribution < -0.4 is 5.76 Å². The lowest BCUT2D eigenvalue weighted by atomic mass is 10.2. The van der Waals surface area contributed by atoms with Gasteiger partial charge in [-0.2, -0.15) is 0 Å². The van der Waals surface area contributed by atoms with Gasteiger partial charge in [-0.3, -0.25) is 9.36 Å². The van der Waals surface area contributed by atoms with E-state index in [0.29, 0.717) is 21.8 Å². The number of carbonyl (C=O) groups excluding carboxylic acids is 1. The van der Waals surface area contributed by atoms with E-state index in [1.54, 1.807) is 30.3 Å². The summed E-state index contributed by atoms with van der Waals surface area (Å²) in [6, 6.07) is 14.5. The second kappa shape index (κ2) is 8.00. The molecule has 0 bridgehead atoms. The van der Waals surface area contributed by atoms with Gasteiger partial charge >= 0.3 is 11.7 Å². The van der Waals surface area contributed by atoms with E-state index < -0.39 is 11.7 Å². The number of aryl methyl sites for hydroxylation is 1. The van der Waals surface area contributed by atoms with E-state index >= 15 is 0 Å². The maximum Gasteiger partial charge on any atom is 0.419 e. The molecule has 2 aromatic carbocycles. The van der Waals surface area contributed by atoms with Crippen molar-refractivity contribution in [2.24, 2.45) is 0 Å². The Morgan fingerprint density at radius 3 is 2.79 bits per heavy atom. The van der Waals surface area contributed by atoms with Crippen LogP contribution in [0.5, 0.6) is 0 Å². The summed E-state index contributed by atoms with van der Waals surface area (Å²) in [6.07, 6.45) is 0.0671. The van der Waals surface area contributed by atoms with Crippen molar-refractivity contribution in [3.63, 3.8) is 0 Å². The molecule has 2 aromatic heterocycles. The average Bonchev–Trinajstić information content (AvgIpc) is 3.29. The van der Waals surface area contributed by atoms with Crippen molar-refractivity contribution in [3.05, 3.63) is 75.2 Å². The van der Waals surface area contributed by atoms with Gasteiger partial charge < -0.3 is 9.15 Å². The Labute approximate surface area is 169 Å². The number of halogens is 1. The molecule has 4 aromatic rings. The van der Waals surface area contributed by atoms with E-state index in [4.69, 9.17) is 20.8 Å². The summed E-state index contributed by atoms with van der Waals surface area (Å²) in [4.78, 5) is 28.5. The average molecular weight is 415 g/mol. The van der Waals surface area contributed by atoms with Crippen molar-refractivity contribution in [3.8, 4) is 10.6 Å². The van der Waals surface area contributed by atoms with Crippen LogP contribution in [0.15, 0.2) is 63.1 Å². The van der Waals surface area contributed by atoms with Gasteiger partial charge in [0.05, 0.1) is 17.6 Å². The van der Waals surface area contributed by atoms with Crippen molar-refractivity contribution >= 4 is 40.0 Å². The molecule has 6 nitrogen and oxygen atoms in total. The first-order chi connectivity index (χ1) is 13.6. The zero-order valence-electron chi connectivity index (χ0n) is 14.6. The number of aromatic nitrogens is 2. The Morgan fingerprint density at radius 1 is 1.18 bits per heavy atom. The molecule has 0 aliphatic carbocycles. The fourth-order valence-corrected chi connectivity index (χ4v) is 3.69. The molecular weight excluding hydrogens is 400 g/mol. The minimum atomic E-state index is -0.485. The van der Waals surface area contributed by atoms with E-state index in [9.17, 15) is 9.59 Å². The Morgan fingerprint density at radius 2 is 1.96 bits per heavy atom. The van der Waals surface area contributed by atoms with Gasteiger partial charge in [-0.25, -0.2) is 9.78 Å². The van der Waals surface area contributed by atoms with Crippen molar-refractivity contribution in [1.29, 1.82) is 0 Å². The smallest absolute Gasteiger partial charge is 0.419 e. The lowest BCUT2D eigenvalue weighted by Crippen LogP contribution is -2.17. The highest BCUT2D eigenvalue weighted by Crippen LogP contribution is 2.25. The number of rotatable bonds is 6. The second-order valence-corrected chi connectivity index (χ2v) is 7.34. The molecule has 0 amide bonds. The first-order valence-corrected chi connectivity index (χ1v) is 9.80. The minimum Gasteiger partial charge on any atom is -0.459 e. The molecule has 0 aliphatic heterocycles. The lowest BCUT2D eigenvalue weighted by molar-refractivity contribution is -0.145. The van der Waals surface area contributed by atoms with Crippen LogP contribution in [0, 0.1) is 0 Å². The molecule has 0 aliphatic rings. The molecule has 0 radical (unpaired) electrons. The molecule has 28 heavy (non-hydrogen) atoms. The minimum absolute atomic E-state index is 0.0671. The summed E-state index contributed by atoms with van der Waals surface area (Å²) in [5.41, 5.74) is 2.79. The van der Waals surface area contributed by atoms with Gasteiger partial charge in [-0.05, 0) is 24.3 Å². The SMILES string of the molecule is O=C(CCn1c(=O)oc2ccccc21)OCc1csc(-c2ccc(Cl)cc2)n1. The number of para-hydroxylation sites is 2. The van der Waals surface area contributed by atoms with Crippen molar-refractivity contribution in [1.82, 2.24) is 9.55 Å². The van der Waals surface area contributed by atoms with Crippen molar-refractivity contribution < 1.29 is 13.9 Å². The molecule has 0 saturated heterocycles. The zero-order chi connectivity index (χ0) is 19.5. The highest BCUT2D eigenvalue weighted by molar-refractivity contribution is 7.13. The Balaban J connectivity index is 1.34. The van der Waals surface area contributed by atoms with Crippen LogP contribution in [0.25, 0.3) is 21.7 Å². The number of thiazole rings is 1. The quantitative estimate of drug-likeness (QED) is 0.434. The number of carbonyl (C=O) groups is 1. The summed E-state index contributed by atoms with van der Waals surface area (Å²) in [5, 5.41) is 3.35. The van der Waals surface area contributed by atoms with Gasteiger partial charge in [0.1, 0.15) is 11.6 Å². The third-order valence-electron chi connectivity index (χ3n) is 4.14. The standard InChI is InChI=1S/C20H15ClN2O4S/c21-14-7-5-13(6-8-14)19-22-15(12-28-19)11-26-18(24)9-10-23-16-3-1-2-4-17(16)27-20(23)25/h1-8,12H,9-11H2. The van der Waals surface area contributed by atoms with Crippen LogP contribution in [0.3, 0.4) is 0 Å². The predicted octanol–water partition coefficient (Wildman–Crippen LogP) is 4.50. The Hall–Kier alpha value is -2.90. The third kappa shape index (κ3) is 4.00. The zero-order valence-corrected chi connectivity index (χ0v) is 16.2. The highest BCUT2D eigenvalue weighted by atomic mass is 35.5. The number of ether oxygens (including phenoxy) is 1. The second-order valence-electron chi connectivity index (χ2n) is 6.05. The van der Waals surface area contributed by atoms with Crippen molar-refractivity contribution in [2.45, 2.75) is 19.6 Å². The van der Waals surface area contributed by atoms with Crippen LogP contribution in [0.4, 0.5) is 0 Å². The van der Waals surface area contributed by atoms with Gasteiger partial charge in [0.15, 0.2) is 5.58 Å². The highest BCUT2D eigenvalue weighted by Gasteiger charge is 2.12. The summed E-state index contributed by atoms with van der Waals surface area (Å²) in [5.74, 6) is -0.890. The van der Waals surface area contributed by atoms with E-state index in [2.05, 4.69) is 4.98 Å². The maximum absolute atomic E-state index is 12.1. The number of fused-ring (bicyclic) bond motifs is 1. The Kier molecular flexibility index (Phi) is 5.27. The fourth-order valence-electron chi connectivity index (χ4n) is 2.75. The molecule has 142 valence electrons. The van der Waals surface area contributed by atoms with E-state index in [1.165, 1.54) is 15.9 Å². The molecule has 0 unspecified atom stereocenters. The summed E-state index contributed by atoms with van der Waals surface area (Å²) < 4.78 is 11.9. The van der Waals surface area contributed by atoms with Gasteiger partial charge in [-0.1, -0.05) is 35.9 Å². The van der Waals surface area contributed by atoms with Gasteiger partial charge in [0.25, 0.3) is 0 Å². The molecule has 0 fully saturated rings. The molecule has 0 spiro atoms. The van der Waals surface area contributed by atoms with Crippen LogP contribution in [0.2, 0.25) is 5.02 Å². The van der Waals surface area contributed by atoms with E-state index in [0.717, 1.165) is 10.6 Å². The molecule has 8 heteroatoms. The number of esters is 1. The first kappa shape index (κ1) is 18.5. The largest absolute Gasteiger partial charge is 0.459 e. The topological polar surface area (TPSA) is 74.3 Å². The molecule has 4 rings (SSSR count). The molecule has 0 N–H and O–H groups in total. The van der Waals surface area contributed by atoms with Gasteiger partial charge in [0, 0.05) is 22.5 Å². The van der Waals surface area contributed by atoms with Crippen LogP contribution >= 0.6 is 22.9 Å². The van der Waals surface area contributed by atoms with Crippen LogP contribution in [-0.4, -0.2) is 15.5 Å². The normalized spacial score (nSPS) is 11.0. The summed E-state index contributed by atoms with van der Waals surface area (Å²) in [6.45, 7) is 0.283. The third-order valence-corrected chi connectivity index (χ3v) is 5.33. The van der Waals surface area contributed by atoms with Crippen LogP contribution in [-0.2, 0) is 22.7 Å². The lowest BCUT2D eigenvalue weighted by Gasteiger charge is -2.04. The summed E-state index contributed by atoms with van der Waals surface area (Å²) >= 11 is 7.37. The fraction of sp³-hybridized carbons (Fsp3) is 0.150. The van der Waals surface area contributed by atoms with Crippen LogP contribution in [0.1, 0.15) is 12.1 Å². The molecule has 2 heterocycles. The number of oxazole rings is 1. The summed E-state index contributed by atoms with van der Waals surface area (Å²) in [7, 11) is 0. The van der Waals surface area contributed by atoms with E-state index in [-0.39, 0.29) is 19.6 Å². The predicted molar refractivity (Wildman–Crippen MR) is 107 cm³/mol. The molecule has 0 saturated carbocycles. The monoisotopic (exact) mass is 414 g/mol. The first-order valence-electron chi connectivity index (χ1n) is 8.54. The molecule has 0 atom stereocenters. The number of hydrogen-bond donors (Lipinski definition) is 0. The number of nitrogens with zero attached hydrogens (tertiary/aromatic N) is 2. The Bertz CT molecular complexity index is 1180. The van der Waals surface area contributed by atoms with Gasteiger partial charge in [0.2, 0.25) is 0 Å². The molecular formula is C20H15ClN2O4S.